The molecule has 0 spiro atoms. The van der Waals surface area contributed by atoms with Crippen molar-refractivity contribution in [3.8, 4) is 11.5 Å². The van der Waals surface area contributed by atoms with Crippen molar-refractivity contribution in [2.75, 3.05) is 6.54 Å². The number of ether oxygens (including phenoxy) is 2. The van der Waals surface area contributed by atoms with Gasteiger partial charge in [0.25, 0.3) is 0 Å². The Hall–Kier alpha value is -4.66. The normalized spacial score (nSPS) is 12.0. The summed E-state index contributed by atoms with van der Waals surface area (Å²) in [6, 6.07) is 27.5. The summed E-state index contributed by atoms with van der Waals surface area (Å²) in [6.45, 7) is 6.51. The molecule has 0 radical (unpaired) electrons. The van der Waals surface area contributed by atoms with Crippen LogP contribution in [-0.2, 0) is 31.1 Å². The van der Waals surface area contributed by atoms with Crippen molar-refractivity contribution in [3.63, 3.8) is 0 Å². The van der Waals surface area contributed by atoms with E-state index in [4.69, 9.17) is 15.2 Å². The first-order valence-corrected chi connectivity index (χ1v) is 14.5. The first-order valence-electron chi connectivity index (χ1n) is 14.5. The van der Waals surface area contributed by atoms with E-state index >= 15 is 0 Å². The second kappa shape index (κ2) is 14.0. The maximum absolute atomic E-state index is 11.5. The van der Waals surface area contributed by atoms with Gasteiger partial charge in [-0.05, 0) is 43.5 Å². The summed E-state index contributed by atoms with van der Waals surface area (Å²) in [6.07, 6.45) is 1.97. The molecular formula is C35H38N4O4. The van der Waals surface area contributed by atoms with Gasteiger partial charge in [-0.1, -0.05) is 83.9 Å². The molecule has 0 unspecified atom stereocenters. The van der Waals surface area contributed by atoms with E-state index in [1.165, 1.54) is 11.1 Å². The van der Waals surface area contributed by atoms with Crippen molar-refractivity contribution in [2.24, 2.45) is 5.73 Å². The van der Waals surface area contributed by atoms with Gasteiger partial charge in [-0.2, -0.15) is 0 Å². The predicted octanol–water partition coefficient (Wildman–Crippen LogP) is 6.14. The standard InChI is InChI=1S/C35H38N4O4/c1-24-7-5-9-26(17-24)21-42-32-12-4-3-11-28(32)19-39(16-15-30(36)35(40)41)20-29-13-14-31-33(38-23-37-31)34(29)43-22-27-10-6-8-25(2)18-27/h3-14,17-18,23,30H,15-16,19-22,36H2,1-2H3,(H,37,38)(H,40,41)/t30-/m0/s1. The number of nitrogens with zero attached hydrogens (tertiary/aromatic N) is 2. The molecule has 0 aliphatic rings. The number of carboxylic acids is 1. The van der Waals surface area contributed by atoms with Gasteiger partial charge in [0, 0.05) is 30.8 Å². The monoisotopic (exact) mass is 578 g/mol. The fourth-order valence-electron chi connectivity index (χ4n) is 5.15. The molecule has 0 saturated carbocycles. The number of aryl methyl sites for hydroxylation is 2. The van der Waals surface area contributed by atoms with Gasteiger partial charge in [-0.3, -0.25) is 9.69 Å². The lowest BCUT2D eigenvalue weighted by Gasteiger charge is -2.26. The summed E-state index contributed by atoms with van der Waals surface area (Å²) in [5.74, 6) is 0.507. The lowest BCUT2D eigenvalue weighted by atomic mass is 10.1. The SMILES string of the molecule is Cc1cccc(COc2ccccc2CN(CC[C@H](N)C(=O)O)Cc2ccc3nc[nH]c3c2OCc2cccc(C)c2)c1. The molecule has 1 heterocycles. The van der Waals surface area contributed by atoms with Gasteiger partial charge in [-0.25, -0.2) is 4.98 Å². The van der Waals surface area contributed by atoms with Crippen LogP contribution in [-0.4, -0.2) is 38.5 Å². The molecular weight excluding hydrogens is 540 g/mol. The van der Waals surface area contributed by atoms with E-state index < -0.39 is 12.0 Å². The smallest absolute Gasteiger partial charge is 0.320 e. The topological polar surface area (TPSA) is 114 Å². The highest BCUT2D eigenvalue weighted by Crippen LogP contribution is 2.31. The Morgan fingerprint density at radius 3 is 2.26 bits per heavy atom. The number of nitrogens with one attached hydrogen (secondary N) is 1. The van der Waals surface area contributed by atoms with E-state index in [0.717, 1.165) is 44.8 Å². The van der Waals surface area contributed by atoms with Gasteiger partial charge >= 0.3 is 5.97 Å². The number of hydrogen-bond donors (Lipinski definition) is 3. The van der Waals surface area contributed by atoms with E-state index in [-0.39, 0.29) is 0 Å². The quantitative estimate of drug-likeness (QED) is 0.145. The second-order valence-electron chi connectivity index (χ2n) is 11.0. The molecule has 1 atom stereocenters. The fraction of sp³-hybridized carbons (Fsp3) is 0.257. The zero-order valence-corrected chi connectivity index (χ0v) is 24.6. The van der Waals surface area contributed by atoms with Crippen molar-refractivity contribution in [2.45, 2.75) is 52.6 Å². The van der Waals surface area contributed by atoms with Crippen molar-refractivity contribution in [1.82, 2.24) is 14.9 Å². The first kappa shape index (κ1) is 29.8. The average molecular weight is 579 g/mol. The number of aromatic amines is 1. The first-order chi connectivity index (χ1) is 20.9. The average Bonchev–Trinajstić information content (AvgIpc) is 3.48. The van der Waals surface area contributed by atoms with Gasteiger partial charge in [0.1, 0.15) is 36.3 Å². The van der Waals surface area contributed by atoms with Gasteiger partial charge in [0.05, 0.1) is 11.8 Å². The van der Waals surface area contributed by atoms with E-state index in [1.54, 1.807) is 6.33 Å². The van der Waals surface area contributed by atoms with Gasteiger partial charge in [0.15, 0.2) is 0 Å². The zero-order valence-electron chi connectivity index (χ0n) is 24.6. The minimum atomic E-state index is -1.01. The Labute approximate surface area is 252 Å². The number of fused-ring (bicyclic) bond motifs is 1. The number of carbonyl (C=O) groups is 1. The summed E-state index contributed by atoms with van der Waals surface area (Å²) in [5.41, 5.74) is 14.1. The Kier molecular flexibility index (Phi) is 9.71. The minimum Gasteiger partial charge on any atom is -0.489 e. The van der Waals surface area contributed by atoms with Crippen molar-refractivity contribution in [1.29, 1.82) is 0 Å². The molecule has 5 aromatic rings. The van der Waals surface area contributed by atoms with Crippen molar-refractivity contribution < 1.29 is 19.4 Å². The van der Waals surface area contributed by atoms with Crippen molar-refractivity contribution >= 4 is 17.0 Å². The number of aromatic nitrogens is 2. The lowest BCUT2D eigenvalue weighted by molar-refractivity contribution is -0.138. The number of carboxylic acid groups (broad SMARTS) is 1. The fourth-order valence-corrected chi connectivity index (χ4v) is 5.15. The Morgan fingerprint density at radius 2 is 1.56 bits per heavy atom. The summed E-state index contributed by atoms with van der Waals surface area (Å²) >= 11 is 0. The summed E-state index contributed by atoms with van der Waals surface area (Å²) in [5, 5.41) is 9.46. The molecule has 0 aliphatic heterocycles. The van der Waals surface area contributed by atoms with E-state index in [0.29, 0.717) is 39.3 Å². The number of hydrogen-bond acceptors (Lipinski definition) is 6. The highest BCUT2D eigenvalue weighted by atomic mass is 16.5. The van der Waals surface area contributed by atoms with Crippen molar-refractivity contribution in [3.05, 3.63) is 125 Å². The van der Waals surface area contributed by atoms with Gasteiger partial charge in [-0.15, -0.1) is 0 Å². The number of H-pyrrole nitrogens is 1. The Bertz CT molecular complexity index is 1680. The minimum absolute atomic E-state index is 0.299. The maximum Gasteiger partial charge on any atom is 0.320 e. The van der Waals surface area contributed by atoms with Crippen LogP contribution in [0.15, 0.2) is 91.3 Å². The van der Waals surface area contributed by atoms with Crippen LogP contribution in [0, 0.1) is 13.8 Å². The van der Waals surface area contributed by atoms with E-state index in [1.807, 2.05) is 54.6 Å². The number of rotatable bonds is 14. The number of para-hydroxylation sites is 1. The molecule has 5 rings (SSSR count). The molecule has 8 nitrogen and oxygen atoms in total. The molecule has 43 heavy (non-hydrogen) atoms. The van der Waals surface area contributed by atoms with Crippen LogP contribution in [0.25, 0.3) is 11.0 Å². The second-order valence-corrected chi connectivity index (χ2v) is 11.0. The van der Waals surface area contributed by atoms with Crippen LogP contribution in [0.3, 0.4) is 0 Å². The van der Waals surface area contributed by atoms with Crippen LogP contribution in [0.5, 0.6) is 11.5 Å². The third kappa shape index (κ3) is 8.00. The highest BCUT2D eigenvalue weighted by Gasteiger charge is 2.19. The molecule has 0 bridgehead atoms. The Balaban J connectivity index is 1.40. The summed E-state index contributed by atoms with van der Waals surface area (Å²) in [4.78, 5) is 21.4. The molecule has 222 valence electrons. The molecule has 4 N–H and O–H groups in total. The molecule has 4 aromatic carbocycles. The predicted molar refractivity (Wildman–Crippen MR) is 168 cm³/mol. The number of imidazole rings is 1. The molecule has 0 aliphatic carbocycles. The van der Waals surface area contributed by atoms with E-state index in [9.17, 15) is 9.90 Å². The maximum atomic E-state index is 11.5. The van der Waals surface area contributed by atoms with E-state index in [2.05, 4.69) is 59.0 Å². The molecule has 1 aromatic heterocycles. The molecule has 0 saturated heterocycles. The van der Waals surface area contributed by atoms with Crippen LogP contribution in [0.4, 0.5) is 0 Å². The van der Waals surface area contributed by atoms with Crippen LogP contribution in [0.2, 0.25) is 0 Å². The largest absolute Gasteiger partial charge is 0.489 e. The molecule has 0 fully saturated rings. The lowest BCUT2D eigenvalue weighted by Crippen LogP contribution is -2.35. The number of benzene rings is 4. The van der Waals surface area contributed by atoms with Gasteiger partial charge < -0.3 is 25.3 Å². The molecule has 0 amide bonds. The highest BCUT2D eigenvalue weighted by molar-refractivity contribution is 5.82. The van der Waals surface area contributed by atoms with Gasteiger partial charge in [0.2, 0.25) is 0 Å². The summed E-state index contributed by atoms with van der Waals surface area (Å²) in [7, 11) is 0. The number of aliphatic carboxylic acids is 1. The third-order valence-corrected chi connectivity index (χ3v) is 7.41. The number of nitrogens with two attached hydrogens (primary N) is 1. The molecule has 8 heteroatoms. The Morgan fingerprint density at radius 1 is 0.884 bits per heavy atom. The summed E-state index contributed by atoms with van der Waals surface area (Å²) < 4.78 is 12.7. The van der Waals surface area contributed by atoms with Crippen LogP contribution in [0.1, 0.15) is 39.8 Å². The zero-order chi connectivity index (χ0) is 30.2. The van der Waals surface area contributed by atoms with Crippen LogP contribution < -0.4 is 15.2 Å². The third-order valence-electron chi connectivity index (χ3n) is 7.41. The van der Waals surface area contributed by atoms with Crippen LogP contribution >= 0.6 is 0 Å².